The lowest BCUT2D eigenvalue weighted by Gasteiger charge is -2.26. The second-order valence-electron chi connectivity index (χ2n) is 8.55. The fourth-order valence-electron chi connectivity index (χ4n) is 3.56. The number of nitrogens with zero attached hydrogens (tertiary/aromatic N) is 6. The van der Waals surface area contributed by atoms with Crippen molar-refractivity contribution < 1.29 is 0 Å². The van der Waals surface area contributed by atoms with Gasteiger partial charge in [-0.15, -0.1) is 0 Å². The molecular weight excluding hydrogens is 312 g/mol. The summed E-state index contributed by atoms with van der Waals surface area (Å²) in [5, 5.41) is 4.32. The van der Waals surface area contributed by atoms with Gasteiger partial charge >= 0.3 is 0 Å². The summed E-state index contributed by atoms with van der Waals surface area (Å²) in [6.45, 7) is 10.2. The molecule has 1 aliphatic rings. The van der Waals surface area contributed by atoms with E-state index in [1.807, 2.05) is 49.3 Å². The van der Waals surface area contributed by atoms with E-state index in [-0.39, 0.29) is 0 Å². The number of aromatic nitrogens is 4. The van der Waals surface area contributed by atoms with Crippen molar-refractivity contribution in [2.45, 2.75) is 33.1 Å². The first-order chi connectivity index (χ1) is 11.7. The van der Waals surface area contributed by atoms with Gasteiger partial charge in [0.1, 0.15) is 0 Å². The van der Waals surface area contributed by atoms with Gasteiger partial charge in [-0.1, -0.05) is 20.8 Å². The first kappa shape index (κ1) is 17.9. The third-order valence-electron chi connectivity index (χ3n) is 4.58. The Hall–Kier alpha value is -1.95. The molecule has 3 heterocycles. The van der Waals surface area contributed by atoms with Crippen LogP contribution in [0.3, 0.4) is 0 Å². The number of aryl methyl sites for hydroxylation is 1. The van der Waals surface area contributed by atoms with Crippen LogP contribution < -0.4 is 4.90 Å². The van der Waals surface area contributed by atoms with Crippen LogP contribution >= 0.6 is 0 Å². The van der Waals surface area contributed by atoms with Crippen LogP contribution in [-0.4, -0.2) is 58.4 Å². The molecule has 0 unspecified atom stereocenters. The molecule has 0 aliphatic carbocycles. The molecule has 2 aromatic heterocycles. The topological polar surface area (TPSA) is 50.1 Å². The van der Waals surface area contributed by atoms with Gasteiger partial charge in [0.25, 0.3) is 0 Å². The Kier molecular flexibility index (Phi) is 4.82. The predicted molar refractivity (Wildman–Crippen MR) is 102 cm³/mol. The molecule has 6 nitrogen and oxygen atoms in total. The monoisotopic (exact) mass is 342 g/mol. The maximum Gasteiger partial charge on any atom is 0.225 e. The zero-order chi connectivity index (χ0) is 18.2. The van der Waals surface area contributed by atoms with Crippen LogP contribution in [0.1, 0.15) is 38.8 Å². The molecule has 136 valence electrons. The molecule has 0 N–H and O–H groups in total. The molecular formula is C19H30N6. The number of rotatable bonds is 4. The van der Waals surface area contributed by atoms with Crippen molar-refractivity contribution in [1.29, 1.82) is 0 Å². The fourth-order valence-corrected chi connectivity index (χ4v) is 3.56. The van der Waals surface area contributed by atoms with Crippen molar-refractivity contribution in [2.75, 3.05) is 38.6 Å². The minimum atomic E-state index is 0.321. The van der Waals surface area contributed by atoms with E-state index in [4.69, 9.17) is 4.98 Å². The van der Waals surface area contributed by atoms with Crippen LogP contribution in [0.5, 0.6) is 0 Å². The molecule has 0 bridgehead atoms. The molecule has 0 spiro atoms. The Bertz CT molecular complexity index is 728. The Labute approximate surface area is 150 Å². The van der Waals surface area contributed by atoms with Crippen LogP contribution in [0, 0.1) is 5.41 Å². The Morgan fingerprint density at radius 1 is 1.24 bits per heavy atom. The lowest BCUT2D eigenvalue weighted by Crippen LogP contribution is -2.30. The van der Waals surface area contributed by atoms with Gasteiger partial charge in [0, 0.05) is 63.7 Å². The van der Waals surface area contributed by atoms with E-state index in [9.17, 15) is 0 Å². The Balaban J connectivity index is 1.92. The molecule has 1 fully saturated rings. The van der Waals surface area contributed by atoms with Gasteiger partial charge in [0.2, 0.25) is 5.95 Å². The molecule has 0 amide bonds. The van der Waals surface area contributed by atoms with Crippen molar-refractivity contribution in [2.24, 2.45) is 12.5 Å². The third kappa shape index (κ3) is 4.18. The van der Waals surface area contributed by atoms with E-state index < -0.39 is 0 Å². The van der Waals surface area contributed by atoms with Gasteiger partial charge in [-0.2, -0.15) is 5.10 Å². The van der Waals surface area contributed by atoms with Crippen molar-refractivity contribution in [1.82, 2.24) is 24.6 Å². The molecule has 6 heteroatoms. The van der Waals surface area contributed by atoms with Gasteiger partial charge in [0.05, 0.1) is 11.9 Å². The highest BCUT2D eigenvalue weighted by atomic mass is 15.2. The number of likely N-dealkylation sites (tertiary alicyclic amines) is 1. The Morgan fingerprint density at radius 2 is 2.00 bits per heavy atom. The first-order valence-electron chi connectivity index (χ1n) is 8.98. The van der Waals surface area contributed by atoms with Gasteiger partial charge in [-0.25, -0.2) is 9.97 Å². The average Bonchev–Trinajstić information content (AvgIpc) is 3.14. The van der Waals surface area contributed by atoms with E-state index in [1.54, 1.807) is 0 Å². The quantitative estimate of drug-likeness (QED) is 0.855. The number of hydrogen-bond donors (Lipinski definition) is 0. The zero-order valence-electron chi connectivity index (χ0n) is 16.3. The highest BCUT2D eigenvalue weighted by Gasteiger charge is 2.30. The van der Waals surface area contributed by atoms with Crippen LogP contribution in [-0.2, 0) is 7.05 Å². The molecule has 1 saturated heterocycles. The average molecular weight is 342 g/mol. The van der Waals surface area contributed by atoms with Gasteiger partial charge in [-0.05, 0) is 18.4 Å². The summed E-state index contributed by atoms with van der Waals surface area (Å²) in [6, 6.07) is 0. The summed E-state index contributed by atoms with van der Waals surface area (Å²) in [5.41, 5.74) is 3.68. The molecule has 0 aromatic carbocycles. The Morgan fingerprint density at radius 3 is 2.60 bits per heavy atom. The van der Waals surface area contributed by atoms with Crippen LogP contribution in [0.4, 0.5) is 5.95 Å². The maximum atomic E-state index is 4.92. The summed E-state index contributed by atoms with van der Waals surface area (Å²) in [5.74, 6) is 1.22. The summed E-state index contributed by atoms with van der Waals surface area (Å²) >= 11 is 0. The highest BCUT2D eigenvalue weighted by molar-refractivity contribution is 5.65. The van der Waals surface area contributed by atoms with E-state index in [2.05, 4.69) is 35.8 Å². The summed E-state index contributed by atoms with van der Waals surface area (Å²) < 4.78 is 1.83. The van der Waals surface area contributed by atoms with E-state index in [1.165, 1.54) is 0 Å². The lowest BCUT2D eigenvalue weighted by atomic mass is 9.95. The fraction of sp³-hybridized carbons (Fsp3) is 0.632. The minimum Gasteiger partial charge on any atom is -0.347 e. The minimum absolute atomic E-state index is 0.321. The van der Waals surface area contributed by atoms with E-state index in [0.717, 1.165) is 48.8 Å². The van der Waals surface area contributed by atoms with Gasteiger partial charge in [-0.3, -0.25) is 4.68 Å². The van der Waals surface area contributed by atoms with Crippen molar-refractivity contribution in [3.05, 3.63) is 24.3 Å². The zero-order valence-corrected chi connectivity index (χ0v) is 16.3. The van der Waals surface area contributed by atoms with Crippen LogP contribution in [0.15, 0.2) is 18.6 Å². The predicted octanol–water partition coefficient (Wildman–Crippen LogP) is 2.78. The third-order valence-corrected chi connectivity index (χ3v) is 4.58. The second-order valence-corrected chi connectivity index (χ2v) is 8.55. The molecule has 1 atom stereocenters. The molecule has 2 aromatic rings. The van der Waals surface area contributed by atoms with Gasteiger partial charge in [0.15, 0.2) is 0 Å². The molecule has 0 saturated carbocycles. The van der Waals surface area contributed by atoms with Crippen molar-refractivity contribution >= 4 is 5.95 Å². The van der Waals surface area contributed by atoms with Crippen LogP contribution in [0.2, 0.25) is 0 Å². The molecule has 3 rings (SSSR count). The normalized spacial score (nSPS) is 18.7. The number of hydrogen-bond acceptors (Lipinski definition) is 5. The largest absolute Gasteiger partial charge is 0.347 e. The SMILES string of the molecule is CN(C)c1ncc(-c2cnn(C)c2)c([C@H]2CCN(CC(C)(C)C)C2)n1. The standard InChI is InChI=1S/C19H30N6/c1-19(2,3)13-25-8-7-14(12-25)17-16(15-9-21-24(6)11-15)10-20-18(22-17)23(4)5/h9-11,14H,7-8,12-13H2,1-6H3/t14-/m0/s1. The summed E-state index contributed by atoms with van der Waals surface area (Å²) in [7, 11) is 5.92. The molecule has 25 heavy (non-hydrogen) atoms. The van der Waals surface area contributed by atoms with Crippen molar-refractivity contribution in [3.8, 4) is 11.1 Å². The summed E-state index contributed by atoms with van der Waals surface area (Å²) in [6.07, 6.45) is 7.05. The van der Waals surface area contributed by atoms with E-state index >= 15 is 0 Å². The highest BCUT2D eigenvalue weighted by Crippen LogP contribution is 2.34. The number of anilines is 1. The second kappa shape index (κ2) is 6.75. The summed E-state index contributed by atoms with van der Waals surface area (Å²) in [4.78, 5) is 14.0. The first-order valence-corrected chi connectivity index (χ1v) is 8.98. The lowest BCUT2D eigenvalue weighted by molar-refractivity contribution is 0.225. The molecule has 0 radical (unpaired) electrons. The maximum absolute atomic E-state index is 4.92. The van der Waals surface area contributed by atoms with Gasteiger partial charge < -0.3 is 9.80 Å². The molecule has 1 aliphatic heterocycles. The van der Waals surface area contributed by atoms with E-state index in [0.29, 0.717) is 11.3 Å². The van der Waals surface area contributed by atoms with Crippen LogP contribution in [0.25, 0.3) is 11.1 Å². The van der Waals surface area contributed by atoms with Crippen molar-refractivity contribution in [3.63, 3.8) is 0 Å². The smallest absolute Gasteiger partial charge is 0.225 e.